The highest BCUT2D eigenvalue weighted by atomic mass is 16.2. The number of hydrogen-bond acceptors (Lipinski definition) is 2. The largest absolute Gasteiger partial charge is 0.354 e. The molecule has 1 heterocycles. The first-order valence-electron chi connectivity index (χ1n) is 9.22. The van der Waals surface area contributed by atoms with Crippen molar-refractivity contribution < 1.29 is 4.79 Å². The fraction of sp³-hybridized carbons (Fsp3) is 0.409. The average Bonchev–Trinajstić information content (AvgIpc) is 2.98. The molecule has 1 aliphatic rings. The van der Waals surface area contributed by atoms with Crippen LogP contribution in [0.15, 0.2) is 60.7 Å². The molecule has 0 aromatic heterocycles. The van der Waals surface area contributed by atoms with E-state index in [0.29, 0.717) is 5.92 Å². The molecule has 0 radical (unpaired) electrons. The molecule has 1 saturated heterocycles. The van der Waals surface area contributed by atoms with Crippen molar-refractivity contribution in [2.45, 2.75) is 32.9 Å². The number of benzene rings is 2. The molecule has 2 aromatic carbocycles. The van der Waals surface area contributed by atoms with Crippen LogP contribution in [-0.4, -0.2) is 29.9 Å². The van der Waals surface area contributed by atoms with E-state index in [2.05, 4.69) is 58.7 Å². The van der Waals surface area contributed by atoms with Crippen molar-refractivity contribution in [2.75, 3.05) is 13.1 Å². The van der Waals surface area contributed by atoms with Gasteiger partial charge in [-0.25, -0.2) is 0 Å². The van der Waals surface area contributed by atoms with Crippen molar-refractivity contribution >= 4 is 5.91 Å². The van der Waals surface area contributed by atoms with Crippen LogP contribution < -0.4 is 5.32 Å². The first-order valence-corrected chi connectivity index (χ1v) is 9.22. The lowest BCUT2D eigenvalue weighted by molar-refractivity contribution is -0.126. The third-order valence-electron chi connectivity index (χ3n) is 4.87. The van der Waals surface area contributed by atoms with E-state index < -0.39 is 0 Å². The van der Waals surface area contributed by atoms with E-state index in [1.165, 1.54) is 11.1 Å². The topological polar surface area (TPSA) is 32.3 Å². The van der Waals surface area contributed by atoms with Gasteiger partial charge >= 0.3 is 0 Å². The molecule has 2 atom stereocenters. The number of carbonyl (C=O) groups excluding carboxylic acids is 1. The summed E-state index contributed by atoms with van der Waals surface area (Å²) in [5.41, 5.74) is 2.63. The average molecular weight is 336 g/mol. The van der Waals surface area contributed by atoms with E-state index >= 15 is 0 Å². The molecule has 0 bridgehead atoms. The summed E-state index contributed by atoms with van der Waals surface area (Å²) in [7, 11) is 0. The molecule has 1 aliphatic heterocycles. The summed E-state index contributed by atoms with van der Waals surface area (Å²) in [5.74, 6) is 0.627. The Morgan fingerprint density at radius 2 is 1.60 bits per heavy atom. The molecule has 3 heteroatoms. The fourth-order valence-corrected chi connectivity index (χ4v) is 3.74. The van der Waals surface area contributed by atoms with Crippen LogP contribution in [0.2, 0.25) is 0 Å². The summed E-state index contributed by atoms with van der Waals surface area (Å²) in [4.78, 5) is 15.1. The highest BCUT2D eigenvalue weighted by Gasteiger charge is 2.37. The molecule has 3 nitrogen and oxygen atoms in total. The minimum absolute atomic E-state index is 0.0614. The second-order valence-electron chi connectivity index (χ2n) is 7.40. The van der Waals surface area contributed by atoms with Crippen molar-refractivity contribution in [2.24, 2.45) is 11.8 Å². The lowest BCUT2D eigenvalue weighted by Crippen LogP contribution is -2.39. The molecule has 1 N–H and O–H groups in total. The fourth-order valence-electron chi connectivity index (χ4n) is 3.74. The van der Waals surface area contributed by atoms with E-state index in [0.717, 1.165) is 26.1 Å². The van der Waals surface area contributed by atoms with Gasteiger partial charge in [-0.3, -0.25) is 9.69 Å². The maximum absolute atomic E-state index is 12.7. The van der Waals surface area contributed by atoms with Crippen LogP contribution in [-0.2, 0) is 17.8 Å². The SMILES string of the molecule is CC(C)NC(=O)C1CN(Cc2ccccc2)CC1Cc1ccccc1. The minimum Gasteiger partial charge on any atom is -0.354 e. The standard InChI is InChI=1S/C22H28N2O/c1-17(2)23-22(25)21-16-24(14-19-11-7-4-8-12-19)15-20(21)13-18-9-5-3-6-10-18/h3-12,17,20-21H,13-16H2,1-2H3,(H,23,25). The third kappa shape index (κ3) is 4.93. The van der Waals surface area contributed by atoms with E-state index in [-0.39, 0.29) is 17.9 Å². The van der Waals surface area contributed by atoms with Crippen molar-refractivity contribution in [1.29, 1.82) is 0 Å². The Kier molecular flexibility index (Phi) is 5.87. The molecular weight excluding hydrogens is 308 g/mol. The lowest BCUT2D eigenvalue weighted by atomic mass is 9.89. The van der Waals surface area contributed by atoms with E-state index in [1.807, 2.05) is 26.0 Å². The molecule has 1 amide bonds. The summed E-state index contributed by atoms with van der Waals surface area (Å²) in [6.45, 7) is 6.78. The Balaban J connectivity index is 1.71. The summed E-state index contributed by atoms with van der Waals surface area (Å²) in [6, 6.07) is 21.2. The number of likely N-dealkylation sites (tertiary alicyclic amines) is 1. The van der Waals surface area contributed by atoms with Gasteiger partial charge in [0.2, 0.25) is 5.91 Å². The van der Waals surface area contributed by atoms with Gasteiger partial charge in [-0.1, -0.05) is 60.7 Å². The number of amides is 1. The molecule has 2 unspecified atom stereocenters. The number of rotatable bonds is 6. The number of carbonyl (C=O) groups is 1. The molecule has 3 rings (SSSR count). The Bertz CT molecular complexity index is 669. The van der Waals surface area contributed by atoms with Crippen LogP contribution in [0.5, 0.6) is 0 Å². The zero-order chi connectivity index (χ0) is 17.6. The van der Waals surface area contributed by atoms with Gasteiger partial charge in [0.05, 0.1) is 5.92 Å². The van der Waals surface area contributed by atoms with Crippen LogP contribution in [0.4, 0.5) is 0 Å². The molecule has 0 saturated carbocycles. The Labute approximate surface area is 151 Å². The maximum atomic E-state index is 12.7. The zero-order valence-corrected chi connectivity index (χ0v) is 15.2. The summed E-state index contributed by atoms with van der Waals surface area (Å²) < 4.78 is 0. The highest BCUT2D eigenvalue weighted by molar-refractivity contribution is 5.79. The van der Waals surface area contributed by atoms with Crippen LogP contribution in [0, 0.1) is 11.8 Å². The number of nitrogens with zero attached hydrogens (tertiary/aromatic N) is 1. The third-order valence-corrected chi connectivity index (χ3v) is 4.87. The summed E-state index contributed by atoms with van der Waals surface area (Å²) >= 11 is 0. The van der Waals surface area contributed by atoms with Crippen LogP contribution in [0.3, 0.4) is 0 Å². The van der Waals surface area contributed by atoms with Gasteiger partial charge in [0.25, 0.3) is 0 Å². The van der Waals surface area contributed by atoms with Crippen molar-refractivity contribution in [3.05, 3.63) is 71.8 Å². The van der Waals surface area contributed by atoms with Crippen molar-refractivity contribution in [3.63, 3.8) is 0 Å². The van der Waals surface area contributed by atoms with Gasteiger partial charge in [-0.05, 0) is 37.3 Å². The summed E-state index contributed by atoms with van der Waals surface area (Å²) in [6.07, 6.45) is 0.961. The van der Waals surface area contributed by atoms with E-state index in [9.17, 15) is 4.79 Å². The van der Waals surface area contributed by atoms with Crippen molar-refractivity contribution in [3.8, 4) is 0 Å². The quantitative estimate of drug-likeness (QED) is 0.875. The molecule has 132 valence electrons. The molecular formula is C22H28N2O. The number of nitrogens with one attached hydrogen (secondary N) is 1. The predicted molar refractivity (Wildman–Crippen MR) is 102 cm³/mol. The van der Waals surface area contributed by atoms with Crippen molar-refractivity contribution in [1.82, 2.24) is 10.2 Å². The molecule has 0 aliphatic carbocycles. The van der Waals surface area contributed by atoms with Crippen LogP contribution in [0.25, 0.3) is 0 Å². The maximum Gasteiger partial charge on any atom is 0.224 e. The van der Waals surface area contributed by atoms with E-state index in [1.54, 1.807) is 0 Å². The minimum atomic E-state index is 0.0614. The molecule has 2 aromatic rings. The van der Waals surface area contributed by atoms with Gasteiger partial charge in [0.15, 0.2) is 0 Å². The molecule has 1 fully saturated rings. The molecule has 25 heavy (non-hydrogen) atoms. The molecule has 0 spiro atoms. The Hall–Kier alpha value is -2.13. The monoisotopic (exact) mass is 336 g/mol. The first-order chi connectivity index (χ1) is 12.1. The predicted octanol–water partition coefficient (Wildman–Crippen LogP) is 3.50. The second kappa shape index (κ2) is 8.30. The van der Waals surface area contributed by atoms with E-state index in [4.69, 9.17) is 0 Å². The number of hydrogen-bond donors (Lipinski definition) is 1. The van der Waals surface area contributed by atoms with Gasteiger partial charge < -0.3 is 5.32 Å². The summed E-state index contributed by atoms with van der Waals surface area (Å²) in [5, 5.41) is 3.12. The first kappa shape index (κ1) is 17.7. The van der Waals surface area contributed by atoms with Crippen LogP contribution >= 0.6 is 0 Å². The van der Waals surface area contributed by atoms with Gasteiger partial charge in [0.1, 0.15) is 0 Å². The second-order valence-corrected chi connectivity index (χ2v) is 7.40. The van der Waals surface area contributed by atoms with Gasteiger partial charge in [0, 0.05) is 25.7 Å². The van der Waals surface area contributed by atoms with Crippen LogP contribution in [0.1, 0.15) is 25.0 Å². The zero-order valence-electron chi connectivity index (χ0n) is 15.2. The van der Waals surface area contributed by atoms with Gasteiger partial charge in [-0.15, -0.1) is 0 Å². The Morgan fingerprint density at radius 1 is 1.00 bits per heavy atom. The van der Waals surface area contributed by atoms with Gasteiger partial charge in [-0.2, -0.15) is 0 Å². The lowest BCUT2D eigenvalue weighted by Gasteiger charge is -2.19. The Morgan fingerprint density at radius 3 is 2.20 bits per heavy atom. The normalized spacial score (nSPS) is 20.8. The highest BCUT2D eigenvalue weighted by Crippen LogP contribution is 2.28. The smallest absolute Gasteiger partial charge is 0.224 e.